The highest BCUT2D eigenvalue weighted by Crippen LogP contribution is 2.32. The van der Waals surface area contributed by atoms with Crippen molar-refractivity contribution in [1.29, 1.82) is 0 Å². The summed E-state index contributed by atoms with van der Waals surface area (Å²) in [7, 11) is 0. The van der Waals surface area contributed by atoms with Gasteiger partial charge in [0.1, 0.15) is 6.54 Å². The number of halogens is 1. The predicted molar refractivity (Wildman–Crippen MR) is 98.2 cm³/mol. The molecule has 0 radical (unpaired) electrons. The summed E-state index contributed by atoms with van der Waals surface area (Å²) in [5.41, 5.74) is 1.00. The van der Waals surface area contributed by atoms with E-state index in [1.165, 1.54) is 11.1 Å². The highest BCUT2D eigenvalue weighted by atomic mass is 35.5. The molecule has 0 spiro atoms. The summed E-state index contributed by atoms with van der Waals surface area (Å²) in [5, 5.41) is 12.1. The maximum atomic E-state index is 12.8. The molecule has 0 aromatic heterocycles. The first-order valence-corrected chi connectivity index (χ1v) is 8.58. The van der Waals surface area contributed by atoms with Crippen molar-refractivity contribution in [2.45, 2.75) is 12.1 Å². The van der Waals surface area contributed by atoms with Crippen LogP contribution < -0.4 is 10.2 Å². The van der Waals surface area contributed by atoms with Crippen LogP contribution in [0.1, 0.15) is 0 Å². The average molecular weight is 384 g/mol. The number of nitrogens with one attached hydrogen (secondary N) is 1. The SMILES string of the molecule is O=C(CN1N=NC2C(=O)N(c3cccc(Cl)c3)C(=O)C21)Nc1ccccc1. The molecule has 2 atom stereocenters. The Morgan fingerprint density at radius 1 is 1.07 bits per heavy atom. The molecule has 8 nitrogen and oxygen atoms in total. The van der Waals surface area contributed by atoms with Gasteiger partial charge in [-0.05, 0) is 30.3 Å². The van der Waals surface area contributed by atoms with Gasteiger partial charge in [0.25, 0.3) is 11.8 Å². The molecule has 136 valence electrons. The molecule has 0 aliphatic carbocycles. The highest BCUT2D eigenvalue weighted by molar-refractivity contribution is 6.31. The number of imide groups is 1. The van der Waals surface area contributed by atoms with Crippen LogP contribution in [0.4, 0.5) is 11.4 Å². The summed E-state index contributed by atoms with van der Waals surface area (Å²) in [6, 6.07) is 13.5. The summed E-state index contributed by atoms with van der Waals surface area (Å²) in [5.74, 6) is -1.32. The van der Waals surface area contributed by atoms with Crippen LogP contribution in [0, 0.1) is 0 Å². The van der Waals surface area contributed by atoms with E-state index in [0.29, 0.717) is 16.4 Å². The maximum Gasteiger partial charge on any atom is 0.263 e. The van der Waals surface area contributed by atoms with Gasteiger partial charge < -0.3 is 5.32 Å². The highest BCUT2D eigenvalue weighted by Gasteiger charge is 2.55. The predicted octanol–water partition coefficient (Wildman–Crippen LogP) is 2.27. The third kappa shape index (κ3) is 3.15. The van der Waals surface area contributed by atoms with Crippen LogP contribution in [0.25, 0.3) is 0 Å². The number of rotatable bonds is 4. The number of carbonyl (C=O) groups is 3. The van der Waals surface area contributed by atoms with E-state index in [9.17, 15) is 14.4 Å². The molecule has 1 N–H and O–H groups in total. The summed E-state index contributed by atoms with van der Waals surface area (Å²) >= 11 is 5.96. The van der Waals surface area contributed by atoms with Gasteiger partial charge in [0.15, 0.2) is 12.1 Å². The fraction of sp³-hybridized carbons (Fsp3) is 0.167. The molecule has 2 aromatic rings. The fourth-order valence-electron chi connectivity index (χ4n) is 3.09. The lowest BCUT2D eigenvalue weighted by atomic mass is 10.1. The Hall–Kier alpha value is -3.26. The molecule has 27 heavy (non-hydrogen) atoms. The van der Waals surface area contributed by atoms with Crippen LogP contribution in [0.3, 0.4) is 0 Å². The Kier molecular flexibility index (Phi) is 4.33. The number of amides is 3. The van der Waals surface area contributed by atoms with Gasteiger partial charge in [-0.15, -0.1) is 0 Å². The Labute approximate surface area is 159 Å². The van der Waals surface area contributed by atoms with Crippen molar-refractivity contribution in [2.75, 3.05) is 16.8 Å². The second kappa shape index (κ2) is 6.81. The first-order valence-electron chi connectivity index (χ1n) is 8.20. The summed E-state index contributed by atoms with van der Waals surface area (Å²) in [6.45, 7) is -0.192. The molecule has 4 rings (SSSR count). The van der Waals surface area contributed by atoms with Crippen molar-refractivity contribution in [3.05, 3.63) is 59.6 Å². The van der Waals surface area contributed by atoms with Crippen molar-refractivity contribution >= 4 is 40.7 Å². The minimum atomic E-state index is -0.957. The number of fused-ring (bicyclic) bond motifs is 1. The standard InChI is InChI=1S/C18H14ClN5O3/c19-11-5-4-8-13(9-11)24-17(26)15-16(18(24)27)23(22-21-15)10-14(25)20-12-6-2-1-3-7-12/h1-9,15-16H,10H2,(H,20,25). The molecule has 9 heteroatoms. The van der Waals surface area contributed by atoms with Crippen molar-refractivity contribution in [3.63, 3.8) is 0 Å². The second-order valence-corrected chi connectivity index (χ2v) is 6.53. The minimum absolute atomic E-state index is 0.192. The normalized spacial score (nSPS) is 20.9. The van der Waals surface area contributed by atoms with E-state index in [4.69, 9.17) is 11.6 Å². The lowest BCUT2D eigenvalue weighted by Gasteiger charge is -2.20. The van der Waals surface area contributed by atoms with Crippen molar-refractivity contribution < 1.29 is 14.4 Å². The van der Waals surface area contributed by atoms with E-state index in [-0.39, 0.29) is 12.5 Å². The zero-order valence-electron chi connectivity index (χ0n) is 13.9. The molecular formula is C18H14ClN5O3. The Bertz CT molecular complexity index is 949. The molecule has 3 amide bonds. The van der Waals surface area contributed by atoms with E-state index >= 15 is 0 Å². The number of nitrogens with zero attached hydrogens (tertiary/aromatic N) is 4. The molecule has 2 unspecified atom stereocenters. The van der Waals surface area contributed by atoms with E-state index in [1.807, 2.05) is 6.07 Å². The van der Waals surface area contributed by atoms with E-state index in [0.717, 1.165) is 4.90 Å². The average Bonchev–Trinajstić information content (AvgIpc) is 3.16. The minimum Gasteiger partial charge on any atom is -0.324 e. The quantitative estimate of drug-likeness (QED) is 0.819. The smallest absolute Gasteiger partial charge is 0.263 e. The van der Waals surface area contributed by atoms with Crippen LogP contribution >= 0.6 is 11.6 Å². The molecule has 0 saturated carbocycles. The van der Waals surface area contributed by atoms with Crippen LogP contribution in [-0.2, 0) is 14.4 Å². The number of hydrogen-bond acceptors (Lipinski definition) is 6. The van der Waals surface area contributed by atoms with Gasteiger partial charge in [-0.3, -0.25) is 19.4 Å². The molecule has 0 bridgehead atoms. The number of benzene rings is 2. The summed E-state index contributed by atoms with van der Waals surface area (Å²) < 4.78 is 0. The van der Waals surface area contributed by atoms with Crippen molar-refractivity contribution in [1.82, 2.24) is 5.01 Å². The number of para-hydroxylation sites is 1. The summed E-state index contributed by atoms with van der Waals surface area (Å²) in [4.78, 5) is 38.7. The first-order chi connectivity index (χ1) is 13.0. The molecule has 1 saturated heterocycles. The first kappa shape index (κ1) is 17.2. The van der Waals surface area contributed by atoms with Gasteiger partial charge in [-0.1, -0.05) is 41.1 Å². The van der Waals surface area contributed by atoms with Gasteiger partial charge in [0.2, 0.25) is 5.91 Å². The summed E-state index contributed by atoms with van der Waals surface area (Å²) in [6.07, 6.45) is 0. The van der Waals surface area contributed by atoms with E-state index in [2.05, 4.69) is 15.7 Å². The second-order valence-electron chi connectivity index (χ2n) is 6.10. The van der Waals surface area contributed by atoms with Gasteiger partial charge in [0, 0.05) is 10.7 Å². The number of anilines is 2. The topological polar surface area (TPSA) is 94.4 Å². The zero-order valence-corrected chi connectivity index (χ0v) is 14.7. The maximum absolute atomic E-state index is 12.8. The molecule has 2 aliphatic heterocycles. The molecular weight excluding hydrogens is 370 g/mol. The van der Waals surface area contributed by atoms with Crippen molar-refractivity contribution in [2.24, 2.45) is 10.3 Å². The third-order valence-electron chi connectivity index (χ3n) is 4.29. The van der Waals surface area contributed by atoms with Gasteiger partial charge in [-0.25, -0.2) is 4.90 Å². The van der Waals surface area contributed by atoms with E-state index < -0.39 is 23.9 Å². The lowest BCUT2D eigenvalue weighted by Crippen LogP contribution is -2.43. The Morgan fingerprint density at radius 2 is 1.85 bits per heavy atom. The van der Waals surface area contributed by atoms with Gasteiger partial charge >= 0.3 is 0 Å². The molecule has 2 heterocycles. The number of carbonyl (C=O) groups excluding carboxylic acids is 3. The van der Waals surface area contributed by atoms with E-state index in [1.54, 1.807) is 42.5 Å². The van der Waals surface area contributed by atoms with Gasteiger partial charge in [-0.2, -0.15) is 5.11 Å². The zero-order chi connectivity index (χ0) is 19.0. The molecule has 1 fully saturated rings. The fourth-order valence-corrected chi connectivity index (χ4v) is 3.28. The van der Waals surface area contributed by atoms with Crippen LogP contribution in [0.5, 0.6) is 0 Å². The van der Waals surface area contributed by atoms with Crippen LogP contribution in [-0.4, -0.2) is 41.4 Å². The third-order valence-corrected chi connectivity index (χ3v) is 4.52. The molecule has 2 aliphatic rings. The van der Waals surface area contributed by atoms with Gasteiger partial charge in [0.05, 0.1) is 5.69 Å². The van der Waals surface area contributed by atoms with Crippen LogP contribution in [0.2, 0.25) is 5.02 Å². The Morgan fingerprint density at radius 3 is 2.59 bits per heavy atom. The lowest BCUT2D eigenvalue weighted by molar-refractivity contribution is -0.123. The van der Waals surface area contributed by atoms with Crippen molar-refractivity contribution in [3.8, 4) is 0 Å². The largest absolute Gasteiger partial charge is 0.324 e. The molecule has 2 aromatic carbocycles. The van der Waals surface area contributed by atoms with Crippen LogP contribution in [0.15, 0.2) is 64.9 Å². The monoisotopic (exact) mass is 383 g/mol. The number of hydrogen-bond donors (Lipinski definition) is 1. The Balaban J connectivity index is 1.50.